The predicted octanol–water partition coefficient (Wildman–Crippen LogP) is 4.39. The topological polar surface area (TPSA) is 38.7 Å². The maximum Gasteiger partial charge on any atom is 0.168 e. The van der Waals surface area contributed by atoms with E-state index in [0.717, 1.165) is 25.0 Å². The first kappa shape index (κ1) is 14.3. The SMILES string of the molecule is CC(C)c1cc2c(cc1O)[C@]13CCC[C@]4(C)COC1O[C@H]2C[C@@H]43. The number of hydrogen-bond acceptors (Lipinski definition) is 3. The minimum absolute atomic E-state index is 0.0394. The molecule has 23 heavy (non-hydrogen) atoms. The van der Waals surface area contributed by atoms with Gasteiger partial charge in [-0.25, -0.2) is 0 Å². The first-order valence-corrected chi connectivity index (χ1v) is 9.10. The molecule has 2 saturated heterocycles. The average Bonchev–Trinajstić information content (AvgIpc) is 2.50. The van der Waals surface area contributed by atoms with Crippen molar-refractivity contribution in [2.24, 2.45) is 11.3 Å². The minimum atomic E-state index is -0.114. The molecule has 0 amide bonds. The molecule has 3 fully saturated rings. The van der Waals surface area contributed by atoms with Crippen LogP contribution in [0.3, 0.4) is 0 Å². The van der Waals surface area contributed by atoms with Crippen LogP contribution in [-0.2, 0) is 14.9 Å². The van der Waals surface area contributed by atoms with Gasteiger partial charge < -0.3 is 14.6 Å². The van der Waals surface area contributed by atoms with E-state index in [9.17, 15) is 5.11 Å². The van der Waals surface area contributed by atoms with Gasteiger partial charge >= 0.3 is 0 Å². The molecule has 3 heteroatoms. The zero-order valence-electron chi connectivity index (χ0n) is 14.3. The fraction of sp³-hybridized carbons (Fsp3) is 0.700. The zero-order valence-corrected chi connectivity index (χ0v) is 14.3. The Bertz CT molecular complexity index is 682. The van der Waals surface area contributed by atoms with Crippen molar-refractivity contribution in [1.82, 2.24) is 0 Å². The number of ether oxygens (including phenoxy) is 2. The number of benzene rings is 1. The fourth-order valence-electron chi connectivity index (χ4n) is 6.10. The Kier molecular flexibility index (Phi) is 2.68. The lowest BCUT2D eigenvalue weighted by Gasteiger charge is -2.67. The lowest BCUT2D eigenvalue weighted by molar-refractivity contribution is -0.333. The van der Waals surface area contributed by atoms with Gasteiger partial charge in [-0.05, 0) is 65.3 Å². The van der Waals surface area contributed by atoms with Crippen molar-refractivity contribution in [3.8, 4) is 5.75 Å². The molecule has 1 aromatic rings. The summed E-state index contributed by atoms with van der Waals surface area (Å²) >= 11 is 0. The predicted molar refractivity (Wildman–Crippen MR) is 87.5 cm³/mol. The van der Waals surface area contributed by atoms with Gasteiger partial charge in [-0.15, -0.1) is 0 Å². The van der Waals surface area contributed by atoms with Crippen LogP contribution in [0.4, 0.5) is 0 Å². The first-order chi connectivity index (χ1) is 11.0. The van der Waals surface area contributed by atoms with Gasteiger partial charge in [0.25, 0.3) is 0 Å². The van der Waals surface area contributed by atoms with Gasteiger partial charge in [-0.1, -0.05) is 27.2 Å². The van der Waals surface area contributed by atoms with Gasteiger partial charge in [0, 0.05) is 0 Å². The molecule has 1 N–H and O–H groups in total. The van der Waals surface area contributed by atoms with Crippen molar-refractivity contribution in [1.29, 1.82) is 0 Å². The van der Waals surface area contributed by atoms with Crippen molar-refractivity contribution in [3.05, 3.63) is 28.8 Å². The average molecular weight is 314 g/mol. The Morgan fingerprint density at radius 3 is 2.87 bits per heavy atom. The monoisotopic (exact) mass is 314 g/mol. The Hall–Kier alpha value is -1.06. The number of phenols is 1. The van der Waals surface area contributed by atoms with Gasteiger partial charge in [-0.3, -0.25) is 0 Å². The van der Waals surface area contributed by atoms with E-state index < -0.39 is 0 Å². The molecule has 2 aliphatic carbocycles. The number of aromatic hydroxyl groups is 1. The van der Waals surface area contributed by atoms with Crippen molar-refractivity contribution in [2.75, 3.05) is 6.61 Å². The second-order valence-corrected chi connectivity index (χ2v) is 8.76. The standard InChI is InChI=1S/C20H26O3/c1-11(2)12-7-13-14(8-15(12)21)20-6-4-5-19(3)10-22-18(20)23-16(13)9-17(19)20/h7-8,11,16-18,21H,4-6,9-10H2,1-3H3/t16-,17-,18?,19+,20-/m0/s1. The zero-order chi connectivity index (χ0) is 16.0. The summed E-state index contributed by atoms with van der Waals surface area (Å²) in [5.74, 6) is 1.40. The third-order valence-electron chi connectivity index (χ3n) is 7.19. The molecule has 5 aliphatic rings. The summed E-state index contributed by atoms with van der Waals surface area (Å²) in [6.07, 6.45) is 4.75. The van der Waals surface area contributed by atoms with Gasteiger partial charge in [0.05, 0.1) is 18.1 Å². The van der Waals surface area contributed by atoms with E-state index in [1.54, 1.807) is 0 Å². The van der Waals surface area contributed by atoms with E-state index in [1.165, 1.54) is 24.0 Å². The Morgan fingerprint density at radius 2 is 2.09 bits per heavy atom. The lowest BCUT2D eigenvalue weighted by Crippen LogP contribution is -2.67. The third kappa shape index (κ3) is 1.58. The van der Waals surface area contributed by atoms with Crippen LogP contribution in [0.1, 0.15) is 75.2 Å². The highest BCUT2D eigenvalue weighted by molar-refractivity contribution is 5.52. The van der Waals surface area contributed by atoms with Gasteiger partial charge in [0.2, 0.25) is 0 Å². The van der Waals surface area contributed by atoms with E-state index in [2.05, 4.69) is 32.9 Å². The van der Waals surface area contributed by atoms with E-state index in [4.69, 9.17) is 9.47 Å². The van der Waals surface area contributed by atoms with Crippen LogP contribution in [0.5, 0.6) is 5.75 Å². The third-order valence-corrected chi connectivity index (χ3v) is 7.19. The molecule has 6 rings (SSSR count). The van der Waals surface area contributed by atoms with E-state index in [-0.39, 0.29) is 23.2 Å². The summed E-state index contributed by atoms with van der Waals surface area (Å²) in [5.41, 5.74) is 3.90. The summed E-state index contributed by atoms with van der Waals surface area (Å²) < 4.78 is 12.6. The van der Waals surface area contributed by atoms with Gasteiger partial charge in [0.15, 0.2) is 6.29 Å². The summed E-state index contributed by atoms with van der Waals surface area (Å²) in [7, 11) is 0. The number of hydrogen-bond donors (Lipinski definition) is 1. The summed E-state index contributed by atoms with van der Waals surface area (Å²) in [6, 6.07) is 4.27. The molecular formula is C20H26O3. The fourth-order valence-corrected chi connectivity index (χ4v) is 6.10. The van der Waals surface area contributed by atoms with Crippen LogP contribution in [0.15, 0.2) is 12.1 Å². The lowest BCUT2D eigenvalue weighted by atomic mass is 9.46. The van der Waals surface area contributed by atoms with Crippen LogP contribution in [0, 0.1) is 11.3 Å². The Labute approximate surface area is 138 Å². The van der Waals surface area contributed by atoms with Crippen LogP contribution in [0.25, 0.3) is 0 Å². The normalized spacial score (nSPS) is 43.6. The summed E-state index contributed by atoms with van der Waals surface area (Å²) in [4.78, 5) is 0. The molecular weight excluding hydrogens is 288 g/mol. The van der Waals surface area contributed by atoms with Gasteiger partial charge in [-0.2, -0.15) is 0 Å². The van der Waals surface area contributed by atoms with Crippen molar-refractivity contribution >= 4 is 0 Å². The van der Waals surface area contributed by atoms with E-state index in [0.29, 0.717) is 17.6 Å². The van der Waals surface area contributed by atoms with Crippen molar-refractivity contribution in [2.45, 2.75) is 70.2 Å². The van der Waals surface area contributed by atoms with E-state index >= 15 is 0 Å². The molecule has 1 spiro atoms. The Morgan fingerprint density at radius 1 is 1.26 bits per heavy atom. The second-order valence-electron chi connectivity index (χ2n) is 8.76. The Balaban J connectivity index is 1.75. The van der Waals surface area contributed by atoms with Crippen LogP contribution in [0.2, 0.25) is 0 Å². The smallest absolute Gasteiger partial charge is 0.168 e. The highest BCUT2D eigenvalue weighted by Crippen LogP contribution is 2.68. The molecule has 3 heterocycles. The quantitative estimate of drug-likeness (QED) is 0.835. The van der Waals surface area contributed by atoms with E-state index in [1.807, 2.05) is 0 Å². The summed E-state index contributed by atoms with van der Waals surface area (Å²) in [5, 5.41) is 10.6. The number of phenolic OH excluding ortho intramolecular Hbond substituents is 1. The van der Waals surface area contributed by atoms with Crippen LogP contribution >= 0.6 is 0 Å². The molecule has 1 saturated carbocycles. The molecule has 124 valence electrons. The molecule has 5 bridgehead atoms. The maximum absolute atomic E-state index is 10.6. The minimum Gasteiger partial charge on any atom is -0.508 e. The maximum atomic E-state index is 10.6. The highest BCUT2D eigenvalue weighted by atomic mass is 16.7. The number of rotatable bonds is 1. The molecule has 3 aliphatic heterocycles. The second kappa shape index (κ2) is 4.31. The molecule has 0 aromatic heterocycles. The molecule has 1 unspecified atom stereocenters. The van der Waals surface area contributed by atoms with Crippen molar-refractivity contribution < 1.29 is 14.6 Å². The highest BCUT2D eigenvalue weighted by Gasteiger charge is 2.67. The largest absolute Gasteiger partial charge is 0.508 e. The van der Waals surface area contributed by atoms with Crippen LogP contribution < -0.4 is 0 Å². The first-order valence-electron chi connectivity index (χ1n) is 9.10. The molecule has 1 aromatic carbocycles. The van der Waals surface area contributed by atoms with Crippen molar-refractivity contribution in [3.63, 3.8) is 0 Å². The molecule has 3 nitrogen and oxygen atoms in total. The molecule has 5 atom stereocenters. The van der Waals surface area contributed by atoms with Gasteiger partial charge in [0.1, 0.15) is 5.75 Å². The molecule has 0 radical (unpaired) electrons. The van der Waals surface area contributed by atoms with Crippen LogP contribution in [-0.4, -0.2) is 18.0 Å². The summed E-state index contributed by atoms with van der Waals surface area (Å²) in [6.45, 7) is 7.49.